The van der Waals surface area contributed by atoms with Crippen LogP contribution in [0.2, 0.25) is 0 Å². The Morgan fingerprint density at radius 3 is 2.42 bits per heavy atom. The summed E-state index contributed by atoms with van der Waals surface area (Å²) >= 11 is 0. The molecule has 0 radical (unpaired) electrons. The van der Waals surface area contributed by atoms with Crippen molar-refractivity contribution in [1.82, 2.24) is 4.98 Å². The van der Waals surface area contributed by atoms with Crippen LogP contribution in [0.5, 0.6) is 5.75 Å². The van der Waals surface area contributed by atoms with Crippen LogP contribution in [0, 0.1) is 0 Å². The van der Waals surface area contributed by atoms with E-state index in [1.54, 1.807) is 24.3 Å². The number of fused-ring (bicyclic) bond motifs is 1. The molecule has 1 aromatic heterocycles. The van der Waals surface area contributed by atoms with Crippen molar-refractivity contribution in [2.45, 2.75) is 45.8 Å². The summed E-state index contributed by atoms with van der Waals surface area (Å²) in [6.45, 7) is 8.76. The summed E-state index contributed by atoms with van der Waals surface area (Å²) < 4.78 is 31.3. The Kier molecular flexibility index (Phi) is 4.62. The largest absolute Gasteiger partial charge is 0.525 e. The number of pyridine rings is 1. The molecule has 0 bridgehead atoms. The third-order valence-electron chi connectivity index (χ3n) is 4.72. The van der Waals surface area contributed by atoms with Gasteiger partial charge in [-0.2, -0.15) is 0 Å². The highest BCUT2D eigenvalue weighted by Crippen LogP contribution is 2.39. The second kappa shape index (κ2) is 6.48. The number of hydrogen-bond acceptors (Lipinski definition) is 5. The Balaban J connectivity index is 1.93. The van der Waals surface area contributed by atoms with Crippen molar-refractivity contribution in [3.63, 3.8) is 0 Å². The second-order valence-corrected chi connectivity index (χ2v) is 7.28. The number of esters is 1. The third kappa shape index (κ3) is 3.50. The van der Waals surface area contributed by atoms with Gasteiger partial charge in [0.15, 0.2) is 5.75 Å². The van der Waals surface area contributed by atoms with Crippen LogP contribution in [0.3, 0.4) is 0 Å². The average Bonchev–Trinajstić information content (AvgIpc) is 2.75. The summed E-state index contributed by atoms with van der Waals surface area (Å²) in [7, 11) is -1.08. The molecule has 2 heterocycles. The van der Waals surface area contributed by atoms with Gasteiger partial charge < -0.3 is 14.0 Å². The quantitative estimate of drug-likeness (QED) is 0.470. The first-order valence-corrected chi connectivity index (χ1v) is 8.40. The molecule has 26 heavy (non-hydrogen) atoms. The van der Waals surface area contributed by atoms with Crippen molar-refractivity contribution in [3.05, 3.63) is 41.8 Å². The number of hydrogen-bond donors (Lipinski definition) is 0. The topological polar surface area (TPSA) is 57.7 Å². The smallest absolute Gasteiger partial charge is 0.424 e. The van der Waals surface area contributed by atoms with Gasteiger partial charge in [0.25, 0.3) is 0 Å². The lowest BCUT2D eigenvalue weighted by molar-refractivity contribution is -0.131. The van der Waals surface area contributed by atoms with E-state index in [1.165, 1.54) is 13.0 Å². The maximum absolute atomic E-state index is 14.7. The van der Waals surface area contributed by atoms with E-state index in [0.717, 1.165) is 5.39 Å². The first kappa shape index (κ1) is 18.5. The molecule has 1 fully saturated rings. The monoisotopic (exact) mass is 357 g/mol. The molecule has 3 rings (SSSR count). The molecular weight excluding hydrogens is 336 g/mol. The van der Waals surface area contributed by atoms with Crippen molar-refractivity contribution < 1.29 is 23.2 Å². The molecule has 5 nitrogen and oxygen atoms in total. The number of para-hydroxylation sites is 1. The molecule has 0 aliphatic carbocycles. The second-order valence-electron chi connectivity index (χ2n) is 7.28. The zero-order chi connectivity index (χ0) is 19.1. The predicted molar refractivity (Wildman–Crippen MR) is 98.2 cm³/mol. The lowest BCUT2D eigenvalue weighted by Crippen LogP contribution is -2.41. The summed E-state index contributed by atoms with van der Waals surface area (Å²) in [5.74, 6) is -0.107. The lowest BCUT2D eigenvalue weighted by Gasteiger charge is -2.32. The van der Waals surface area contributed by atoms with Crippen molar-refractivity contribution in [3.8, 4) is 5.75 Å². The van der Waals surface area contributed by atoms with E-state index in [4.69, 9.17) is 14.0 Å². The van der Waals surface area contributed by atoms with Gasteiger partial charge in [0.2, 0.25) is 0 Å². The summed E-state index contributed by atoms with van der Waals surface area (Å²) in [6.07, 6.45) is 1.27. The van der Waals surface area contributed by atoms with Gasteiger partial charge in [-0.05, 0) is 45.9 Å². The van der Waals surface area contributed by atoms with Gasteiger partial charge in [-0.3, -0.25) is 4.79 Å². The zero-order valence-electron chi connectivity index (χ0n) is 15.5. The van der Waals surface area contributed by atoms with Gasteiger partial charge >= 0.3 is 13.1 Å². The van der Waals surface area contributed by atoms with Crippen molar-refractivity contribution in [1.29, 1.82) is 0 Å². The highest BCUT2D eigenvalue weighted by Gasteiger charge is 2.53. The van der Waals surface area contributed by atoms with Gasteiger partial charge in [-0.1, -0.05) is 18.2 Å². The van der Waals surface area contributed by atoms with Crippen molar-refractivity contribution in [2.75, 3.05) is 0 Å². The van der Waals surface area contributed by atoms with Crippen molar-refractivity contribution in [2.24, 2.45) is 0 Å². The van der Waals surface area contributed by atoms with Crippen LogP contribution in [-0.2, 0) is 14.1 Å². The number of rotatable bonds is 3. The zero-order valence-corrected chi connectivity index (χ0v) is 15.5. The lowest BCUT2D eigenvalue weighted by atomic mass is 9.87. The standard InChI is InChI=1S/C19H21BFNO4/c1-12(23)24-15-8-6-7-13-9-10-14(22-17(13)15)11-16(21)20-25-18(2,3)19(4,5)26-20/h6-11H,1-5H3. The maximum atomic E-state index is 14.7. The summed E-state index contributed by atoms with van der Waals surface area (Å²) in [6, 6.07) is 8.73. The third-order valence-corrected chi connectivity index (χ3v) is 4.72. The van der Waals surface area contributed by atoms with E-state index < -0.39 is 30.0 Å². The molecule has 0 unspecified atom stereocenters. The van der Waals surface area contributed by atoms with Gasteiger partial charge in [0.05, 0.1) is 16.9 Å². The minimum Gasteiger partial charge on any atom is -0.424 e. The van der Waals surface area contributed by atoms with Crippen LogP contribution < -0.4 is 4.74 Å². The van der Waals surface area contributed by atoms with Gasteiger partial charge in [-0.25, -0.2) is 9.37 Å². The molecule has 1 aromatic carbocycles. The molecule has 1 aliphatic rings. The number of ether oxygens (including phenoxy) is 1. The minimum absolute atomic E-state index is 0.335. The Bertz CT molecular complexity index is 878. The molecule has 0 atom stereocenters. The molecule has 0 spiro atoms. The van der Waals surface area contributed by atoms with Crippen molar-refractivity contribution >= 4 is 30.1 Å². The maximum Gasteiger partial charge on any atom is 0.525 e. The first-order chi connectivity index (χ1) is 12.1. The highest BCUT2D eigenvalue weighted by molar-refractivity contribution is 6.54. The number of nitrogens with zero attached hydrogens (tertiary/aromatic N) is 1. The fourth-order valence-electron chi connectivity index (χ4n) is 2.62. The molecule has 0 N–H and O–H groups in total. The molecular formula is C19H21BFNO4. The van der Waals surface area contributed by atoms with E-state index in [0.29, 0.717) is 17.0 Å². The summed E-state index contributed by atoms with van der Waals surface area (Å²) in [5.41, 5.74) is -0.951. The fourth-order valence-corrected chi connectivity index (χ4v) is 2.62. The molecule has 0 amide bonds. The van der Waals surface area contributed by atoms with Gasteiger partial charge in [0, 0.05) is 12.3 Å². The van der Waals surface area contributed by atoms with Crippen LogP contribution in [0.1, 0.15) is 40.3 Å². The Hall–Kier alpha value is -2.25. The van der Waals surface area contributed by atoms with Crippen LogP contribution >= 0.6 is 0 Å². The predicted octanol–water partition coefficient (Wildman–Crippen LogP) is 4.10. The molecule has 7 heteroatoms. The number of halogens is 1. The molecule has 0 saturated carbocycles. The SMILES string of the molecule is CC(=O)Oc1cccc2ccc(C=C(F)B3OC(C)(C)C(C)(C)O3)nc12. The number of carbonyl (C=O) groups excluding carboxylic acids is 1. The van der Waals surface area contributed by atoms with Gasteiger partial charge in [-0.15, -0.1) is 0 Å². The van der Waals surface area contributed by atoms with E-state index in [-0.39, 0.29) is 0 Å². The fraction of sp³-hybridized carbons (Fsp3) is 0.368. The van der Waals surface area contributed by atoms with Crippen LogP contribution in [0.25, 0.3) is 17.0 Å². The Morgan fingerprint density at radius 2 is 1.81 bits per heavy atom. The molecule has 2 aromatic rings. The summed E-state index contributed by atoms with van der Waals surface area (Å²) in [5, 5.41) is 0.789. The van der Waals surface area contributed by atoms with Gasteiger partial charge in [0.1, 0.15) is 11.2 Å². The Morgan fingerprint density at radius 1 is 1.15 bits per heavy atom. The molecule has 1 saturated heterocycles. The number of benzene rings is 1. The Labute approximate surface area is 152 Å². The van der Waals surface area contributed by atoms with Crippen LogP contribution in [0.15, 0.2) is 36.1 Å². The highest BCUT2D eigenvalue weighted by atomic mass is 19.1. The van der Waals surface area contributed by atoms with Crippen LogP contribution in [-0.4, -0.2) is 29.3 Å². The normalized spacial score (nSPS) is 19.0. The van der Waals surface area contributed by atoms with E-state index in [2.05, 4.69) is 4.98 Å². The molecule has 136 valence electrons. The minimum atomic E-state index is -1.08. The van der Waals surface area contributed by atoms with E-state index >= 15 is 0 Å². The first-order valence-electron chi connectivity index (χ1n) is 8.40. The average molecular weight is 357 g/mol. The molecule has 1 aliphatic heterocycles. The number of aromatic nitrogens is 1. The van der Waals surface area contributed by atoms with Crippen LogP contribution in [0.4, 0.5) is 4.39 Å². The van der Waals surface area contributed by atoms with E-state index in [9.17, 15) is 9.18 Å². The van der Waals surface area contributed by atoms with E-state index in [1.807, 2.05) is 33.8 Å². The summed E-state index contributed by atoms with van der Waals surface area (Å²) in [4.78, 5) is 15.7. The number of carbonyl (C=O) groups is 1.